The Morgan fingerprint density at radius 1 is 1.15 bits per heavy atom. The van der Waals surface area contributed by atoms with Crippen molar-refractivity contribution in [3.8, 4) is 17.2 Å². The van der Waals surface area contributed by atoms with Crippen molar-refractivity contribution in [1.82, 2.24) is 4.98 Å². The van der Waals surface area contributed by atoms with E-state index in [1.165, 1.54) is 18.4 Å². The molecule has 1 saturated heterocycles. The quantitative estimate of drug-likeness (QED) is 0.832. The van der Waals surface area contributed by atoms with Crippen LogP contribution in [0.2, 0.25) is 0 Å². The summed E-state index contributed by atoms with van der Waals surface area (Å²) in [5, 5.41) is 9.39. The molecule has 0 bridgehead atoms. The number of benzene rings is 1. The first-order valence-electron chi connectivity index (χ1n) is 7.00. The van der Waals surface area contributed by atoms with E-state index in [2.05, 4.69) is 41.1 Å². The van der Waals surface area contributed by atoms with Crippen molar-refractivity contribution >= 4 is 5.82 Å². The number of pyridine rings is 1. The molecule has 1 aliphatic rings. The van der Waals surface area contributed by atoms with Crippen molar-refractivity contribution in [2.75, 3.05) is 18.0 Å². The van der Waals surface area contributed by atoms with E-state index in [9.17, 15) is 5.26 Å². The highest BCUT2D eigenvalue weighted by molar-refractivity contribution is 5.68. The maximum absolute atomic E-state index is 9.39. The van der Waals surface area contributed by atoms with Gasteiger partial charge in [-0.3, -0.25) is 0 Å². The normalized spacial score (nSPS) is 14.3. The van der Waals surface area contributed by atoms with Crippen LogP contribution < -0.4 is 4.90 Å². The Bertz CT molecular complexity index is 664. The van der Waals surface area contributed by atoms with Gasteiger partial charge in [0.15, 0.2) is 0 Å². The topological polar surface area (TPSA) is 39.9 Å². The monoisotopic (exact) mass is 263 g/mol. The molecule has 0 unspecified atom stereocenters. The van der Waals surface area contributed by atoms with Gasteiger partial charge in [0.05, 0.1) is 5.56 Å². The second-order valence-electron chi connectivity index (χ2n) is 5.27. The molecular formula is C17H17N3. The minimum atomic E-state index is 0.672. The van der Waals surface area contributed by atoms with Crippen molar-refractivity contribution in [3.63, 3.8) is 0 Å². The third-order valence-electron chi connectivity index (χ3n) is 3.74. The van der Waals surface area contributed by atoms with Gasteiger partial charge in [-0.25, -0.2) is 4.98 Å². The second-order valence-corrected chi connectivity index (χ2v) is 5.27. The predicted octanol–water partition coefficient (Wildman–Crippen LogP) is 3.53. The number of hydrogen-bond donors (Lipinski definition) is 0. The number of aromatic nitrogens is 1. The number of aryl methyl sites for hydroxylation is 1. The van der Waals surface area contributed by atoms with Crippen molar-refractivity contribution in [3.05, 3.63) is 47.7 Å². The van der Waals surface area contributed by atoms with Gasteiger partial charge in [-0.05, 0) is 31.4 Å². The average Bonchev–Trinajstić information content (AvgIpc) is 3.00. The molecule has 2 heterocycles. The van der Waals surface area contributed by atoms with E-state index in [-0.39, 0.29) is 0 Å². The highest BCUT2D eigenvalue weighted by Gasteiger charge is 2.17. The van der Waals surface area contributed by atoms with Crippen LogP contribution in [0.5, 0.6) is 0 Å². The summed E-state index contributed by atoms with van der Waals surface area (Å²) in [6, 6.07) is 12.5. The largest absolute Gasteiger partial charge is 0.356 e. The third kappa shape index (κ3) is 2.37. The van der Waals surface area contributed by atoms with Crippen LogP contribution in [0.15, 0.2) is 36.5 Å². The molecule has 1 aromatic carbocycles. The lowest BCUT2D eigenvalue weighted by Crippen LogP contribution is -2.20. The Labute approximate surface area is 119 Å². The van der Waals surface area contributed by atoms with Crippen LogP contribution in [0.4, 0.5) is 5.82 Å². The average molecular weight is 263 g/mol. The molecule has 3 heteroatoms. The Hall–Kier alpha value is -2.34. The van der Waals surface area contributed by atoms with Gasteiger partial charge in [0.25, 0.3) is 0 Å². The smallest absolute Gasteiger partial charge is 0.146 e. The molecule has 100 valence electrons. The number of nitrogens with zero attached hydrogens (tertiary/aromatic N) is 3. The summed E-state index contributed by atoms with van der Waals surface area (Å²) in [5.74, 6) is 0.835. The Morgan fingerprint density at radius 2 is 1.95 bits per heavy atom. The molecule has 0 spiro atoms. The summed E-state index contributed by atoms with van der Waals surface area (Å²) >= 11 is 0. The zero-order valence-electron chi connectivity index (χ0n) is 11.6. The number of rotatable bonds is 2. The van der Waals surface area contributed by atoms with Crippen LogP contribution in [-0.2, 0) is 0 Å². The number of nitriles is 1. The molecular weight excluding hydrogens is 246 g/mol. The van der Waals surface area contributed by atoms with Crippen LogP contribution >= 0.6 is 0 Å². The molecule has 0 amide bonds. The molecule has 20 heavy (non-hydrogen) atoms. The zero-order valence-corrected chi connectivity index (χ0v) is 11.6. The van der Waals surface area contributed by atoms with Crippen molar-refractivity contribution in [1.29, 1.82) is 5.26 Å². The molecule has 0 radical (unpaired) electrons. The lowest BCUT2D eigenvalue weighted by atomic mass is 10.0. The van der Waals surface area contributed by atoms with E-state index in [0.29, 0.717) is 5.56 Å². The fraction of sp³-hybridized carbons (Fsp3) is 0.294. The lowest BCUT2D eigenvalue weighted by molar-refractivity contribution is 0.934. The Balaban J connectivity index is 2.01. The highest BCUT2D eigenvalue weighted by Crippen LogP contribution is 2.27. The van der Waals surface area contributed by atoms with Gasteiger partial charge < -0.3 is 4.90 Å². The highest BCUT2D eigenvalue weighted by atomic mass is 15.2. The summed E-state index contributed by atoms with van der Waals surface area (Å²) in [5.41, 5.74) is 4.01. The lowest BCUT2D eigenvalue weighted by Gasteiger charge is -2.18. The van der Waals surface area contributed by atoms with Gasteiger partial charge in [0.1, 0.15) is 11.9 Å². The maximum Gasteiger partial charge on any atom is 0.146 e. The molecule has 0 saturated carbocycles. The van der Waals surface area contributed by atoms with E-state index in [4.69, 9.17) is 0 Å². The van der Waals surface area contributed by atoms with E-state index in [1.807, 2.05) is 18.3 Å². The summed E-state index contributed by atoms with van der Waals surface area (Å²) in [6.07, 6.45) is 4.25. The maximum atomic E-state index is 9.39. The Morgan fingerprint density at radius 3 is 2.65 bits per heavy atom. The molecule has 3 rings (SSSR count). The van der Waals surface area contributed by atoms with Crippen LogP contribution in [0, 0.1) is 18.3 Å². The number of hydrogen-bond acceptors (Lipinski definition) is 3. The molecule has 1 aliphatic heterocycles. The van der Waals surface area contributed by atoms with Crippen LogP contribution in [0.25, 0.3) is 11.1 Å². The van der Waals surface area contributed by atoms with Crippen LogP contribution in [0.3, 0.4) is 0 Å². The number of anilines is 1. The molecule has 0 atom stereocenters. The Kier molecular flexibility index (Phi) is 3.39. The van der Waals surface area contributed by atoms with Crippen LogP contribution in [-0.4, -0.2) is 18.1 Å². The first-order chi connectivity index (χ1) is 9.78. The SMILES string of the molecule is Cc1cccc(-c2cnc(N3CCCC3)c(C#N)c2)c1. The van der Waals surface area contributed by atoms with E-state index < -0.39 is 0 Å². The van der Waals surface area contributed by atoms with Crippen molar-refractivity contribution in [2.45, 2.75) is 19.8 Å². The van der Waals surface area contributed by atoms with Crippen molar-refractivity contribution in [2.24, 2.45) is 0 Å². The van der Waals surface area contributed by atoms with Gasteiger partial charge in [-0.2, -0.15) is 5.26 Å². The standard InChI is InChI=1S/C17H17N3/c1-13-5-4-6-14(9-13)16-10-15(11-18)17(19-12-16)20-7-2-3-8-20/h4-6,9-10,12H,2-3,7-8H2,1H3. The second kappa shape index (κ2) is 5.34. The van der Waals surface area contributed by atoms with Gasteiger partial charge in [-0.1, -0.05) is 29.8 Å². The molecule has 1 aromatic heterocycles. The summed E-state index contributed by atoms with van der Waals surface area (Å²) < 4.78 is 0. The molecule has 3 nitrogen and oxygen atoms in total. The molecule has 0 aliphatic carbocycles. The van der Waals surface area contributed by atoms with Crippen LogP contribution in [0.1, 0.15) is 24.0 Å². The summed E-state index contributed by atoms with van der Waals surface area (Å²) in [6.45, 7) is 4.08. The van der Waals surface area contributed by atoms with Gasteiger partial charge in [0, 0.05) is 24.8 Å². The first-order valence-corrected chi connectivity index (χ1v) is 7.00. The minimum Gasteiger partial charge on any atom is -0.356 e. The fourth-order valence-corrected chi connectivity index (χ4v) is 2.70. The van der Waals surface area contributed by atoms with E-state index >= 15 is 0 Å². The van der Waals surface area contributed by atoms with E-state index in [1.54, 1.807) is 0 Å². The fourth-order valence-electron chi connectivity index (χ4n) is 2.70. The van der Waals surface area contributed by atoms with Gasteiger partial charge >= 0.3 is 0 Å². The third-order valence-corrected chi connectivity index (χ3v) is 3.74. The van der Waals surface area contributed by atoms with E-state index in [0.717, 1.165) is 30.0 Å². The van der Waals surface area contributed by atoms with Gasteiger partial charge in [-0.15, -0.1) is 0 Å². The van der Waals surface area contributed by atoms with Crippen molar-refractivity contribution < 1.29 is 0 Å². The first kappa shape index (κ1) is 12.7. The molecule has 2 aromatic rings. The summed E-state index contributed by atoms with van der Waals surface area (Å²) in [4.78, 5) is 6.75. The van der Waals surface area contributed by atoms with Gasteiger partial charge in [0.2, 0.25) is 0 Å². The zero-order chi connectivity index (χ0) is 13.9. The summed E-state index contributed by atoms with van der Waals surface area (Å²) in [7, 11) is 0. The predicted molar refractivity (Wildman–Crippen MR) is 80.6 cm³/mol. The molecule has 0 N–H and O–H groups in total. The molecule has 1 fully saturated rings. The minimum absolute atomic E-state index is 0.672.